The van der Waals surface area contributed by atoms with Crippen LogP contribution in [0.2, 0.25) is 0 Å². The Kier molecular flexibility index (Phi) is 2.89. The molecule has 4 atom stereocenters. The van der Waals surface area contributed by atoms with Crippen LogP contribution in [0.5, 0.6) is 0 Å². The summed E-state index contributed by atoms with van der Waals surface area (Å²) in [7, 11) is 0. The zero-order valence-electron chi connectivity index (χ0n) is 10.4. The fourth-order valence-electron chi connectivity index (χ4n) is 2.80. The quantitative estimate of drug-likeness (QED) is 0.690. The highest BCUT2D eigenvalue weighted by atomic mass is 16.6. The average Bonchev–Trinajstić information content (AvgIpc) is 2.49. The standard InChI is InChI=1S/C12H19NO4/c1-4-5-7-9-12(11(16)17-9,13-10(7)15)8(14)6(2)3/h6-9,14H,4-5H2,1-3H3,(H,13,15)/t7?,8-,9?,12?/m1/s1. The number of rotatable bonds is 4. The van der Waals surface area contributed by atoms with Crippen LogP contribution in [-0.2, 0) is 14.3 Å². The summed E-state index contributed by atoms with van der Waals surface area (Å²) in [5, 5.41) is 12.8. The molecule has 0 aromatic rings. The average molecular weight is 241 g/mol. The van der Waals surface area contributed by atoms with E-state index < -0.39 is 23.7 Å². The van der Waals surface area contributed by atoms with Crippen LogP contribution in [0.3, 0.4) is 0 Å². The molecule has 2 N–H and O–H groups in total. The molecule has 1 amide bonds. The Morgan fingerprint density at radius 2 is 2.12 bits per heavy atom. The number of esters is 1. The first-order valence-electron chi connectivity index (χ1n) is 6.16. The lowest BCUT2D eigenvalue weighted by Crippen LogP contribution is -2.73. The van der Waals surface area contributed by atoms with Gasteiger partial charge in [-0.15, -0.1) is 0 Å². The fraction of sp³-hybridized carbons (Fsp3) is 0.833. The van der Waals surface area contributed by atoms with E-state index in [9.17, 15) is 14.7 Å². The van der Waals surface area contributed by atoms with Crippen LogP contribution < -0.4 is 5.32 Å². The largest absolute Gasteiger partial charge is 0.456 e. The van der Waals surface area contributed by atoms with Crippen molar-refractivity contribution in [2.24, 2.45) is 11.8 Å². The monoisotopic (exact) mass is 241 g/mol. The number of aliphatic hydroxyl groups excluding tert-OH is 1. The van der Waals surface area contributed by atoms with Crippen LogP contribution >= 0.6 is 0 Å². The third-order valence-electron chi connectivity index (χ3n) is 3.75. The zero-order chi connectivity index (χ0) is 12.8. The van der Waals surface area contributed by atoms with Crippen LogP contribution in [0, 0.1) is 11.8 Å². The van der Waals surface area contributed by atoms with Crippen LogP contribution in [-0.4, -0.2) is 34.7 Å². The van der Waals surface area contributed by atoms with E-state index in [4.69, 9.17) is 4.74 Å². The summed E-state index contributed by atoms with van der Waals surface area (Å²) in [4.78, 5) is 23.5. The van der Waals surface area contributed by atoms with Crippen LogP contribution in [0.4, 0.5) is 0 Å². The molecule has 2 aliphatic rings. The topological polar surface area (TPSA) is 75.6 Å². The number of carbonyl (C=O) groups is 2. The van der Waals surface area contributed by atoms with Gasteiger partial charge in [0.05, 0.1) is 12.0 Å². The summed E-state index contributed by atoms with van der Waals surface area (Å²) in [5.74, 6) is -1.10. The molecular weight excluding hydrogens is 222 g/mol. The van der Waals surface area contributed by atoms with Gasteiger partial charge in [-0.1, -0.05) is 27.2 Å². The van der Waals surface area contributed by atoms with E-state index in [0.29, 0.717) is 6.42 Å². The van der Waals surface area contributed by atoms with Gasteiger partial charge in [0, 0.05) is 0 Å². The van der Waals surface area contributed by atoms with Crippen molar-refractivity contribution >= 4 is 11.9 Å². The minimum atomic E-state index is -1.19. The minimum absolute atomic E-state index is 0.106. The van der Waals surface area contributed by atoms with Crippen molar-refractivity contribution in [3.63, 3.8) is 0 Å². The molecular formula is C12H19NO4. The van der Waals surface area contributed by atoms with Gasteiger partial charge >= 0.3 is 5.97 Å². The summed E-state index contributed by atoms with van der Waals surface area (Å²) >= 11 is 0. The van der Waals surface area contributed by atoms with Crippen molar-refractivity contribution < 1.29 is 19.4 Å². The van der Waals surface area contributed by atoms with Gasteiger partial charge in [0.15, 0.2) is 0 Å². The highest BCUT2D eigenvalue weighted by molar-refractivity contribution is 6.00. The van der Waals surface area contributed by atoms with Crippen LogP contribution in [0.15, 0.2) is 0 Å². The Labute approximate surface area is 101 Å². The molecule has 2 aliphatic heterocycles. The van der Waals surface area contributed by atoms with E-state index in [0.717, 1.165) is 6.42 Å². The minimum Gasteiger partial charge on any atom is -0.456 e. The molecule has 2 fully saturated rings. The van der Waals surface area contributed by atoms with E-state index in [2.05, 4.69) is 5.32 Å². The number of fused-ring (bicyclic) bond motifs is 1. The van der Waals surface area contributed by atoms with Gasteiger partial charge in [0.2, 0.25) is 11.4 Å². The van der Waals surface area contributed by atoms with E-state index in [1.54, 1.807) is 0 Å². The third-order valence-corrected chi connectivity index (χ3v) is 3.75. The van der Waals surface area contributed by atoms with Gasteiger partial charge in [-0.2, -0.15) is 0 Å². The first kappa shape index (κ1) is 12.4. The molecule has 5 heteroatoms. The predicted octanol–water partition coefficient (Wildman–Crippen LogP) is 0.214. The number of amides is 1. The second-order valence-electron chi connectivity index (χ2n) is 5.27. The first-order valence-corrected chi connectivity index (χ1v) is 6.16. The number of hydrogen-bond acceptors (Lipinski definition) is 4. The van der Waals surface area contributed by atoms with E-state index in [-0.39, 0.29) is 17.7 Å². The van der Waals surface area contributed by atoms with Crippen LogP contribution in [0.1, 0.15) is 33.6 Å². The van der Waals surface area contributed by atoms with Crippen molar-refractivity contribution in [2.75, 3.05) is 0 Å². The summed E-state index contributed by atoms with van der Waals surface area (Å²) in [5.41, 5.74) is -1.19. The molecule has 0 saturated carbocycles. The third kappa shape index (κ3) is 1.48. The van der Waals surface area contributed by atoms with Crippen molar-refractivity contribution in [1.29, 1.82) is 0 Å². The molecule has 0 aliphatic carbocycles. The van der Waals surface area contributed by atoms with E-state index >= 15 is 0 Å². The normalized spacial score (nSPS) is 37.2. The number of hydrogen-bond donors (Lipinski definition) is 2. The maximum Gasteiger partial charge on any atom is 0.338 e. The SMILES string of the molecule is CCCC1C(=O)NC2([C@H](O)C(C)C)C(=O)OC12. The number of carbonyl (C=O) groups excluding carboxylic acids is 2. The van der Waals surface area contributed by atoms with Gasteiger partial charge < -0.3 is 15.2 Å². The number of aliphatic hydroxyl groups is 1. The molecule has 2 saturated heterocycles. The number of nitrogens with one attached hydrogen (secondary N) is 1. The lowest BCUT2D eigenvalue weighted by atomic mass is 9.75. The highest BCUT2D eigenvalue weighted by Crippen LogP contribution is 2.44. The van der Waals surface area contributed by atoms with Crippen LogP contribution in [0.25, 0.3) is 0 Å². The number of ether oxygens (including phenoxy) is 1. The molecule has 17 heavy (non-hydrogen) atoms. The van der Waals surface area contributed by atoms with E-state index in [1.807, 2.05) is 20.8 Å². The van der Waals surface area contributed by atoms with Crippen molar-refractivity contribution in [3.05, 3.63) is 0 Å². The maximum absolute atomic E-state index is 11.8. The van der Waals surface area contributed by atoms with Gasteiger partial charge in [0.1, 0.15) is 6.10 Å². The molecule has 96 valence electrons. The second kappa shape index (κ2) is 3.98. The molecule has 5 nitrogen and oxygen atoms in total. The first-order chi connectivity index (χ1) is 7.95. The maximum atomic E-state index is 11.8. The van der Waals surface area contributed by atoms with Crippen molar-refractivity contribution in [3.8, 4) is 0 Å². The van der Waals surface area contributed by atoms with Crippen molar-refractivity contribution in [2.45, 2.75) is 51.4 Å². The Morgan fingerprint density at radius 1 is 1.47 bits per heavy atom. The Hall–Kier alpha value is -1.10. The molecule has 0 spiro atoms. The van der Waals surface area contributed by atoms with Gasteiger partial charge in [-0.25, -0.2) is 4.79 Å². The zero-order valence-corrected chi connectivity index (χ0v) is 10.4. The van der Waals surface area contributed by atoms with Gasteiger partial charge in [-0.05, 0) is 12.3 Å². The molecule has 0 aromatic carbocycles. The molecule has 0 bridgehead atoms. The lowest BCUT2D eigenvalue weighted by molar-refractivity contribution is -0.207. The fourth-order valence-corrected chi connectivity index (χ4v) is 2.80. The van der Waals surface area contributed by atoms with E-state index in [1.165, 1.54) is 0 Å². The molecule has 0 radical (unpaired) electrons. The summed E-state index contributed by atoms with van der Waals surface area (Å²) < 4.78 is 5.09. The Bertz CT molecular complexity index is 354. The molecule has 2 rings (SSSR count). The smallest absolute Gasteiger partial charge is 0.338 e. The molecule has 2 heterocycles. The summed E-state index contributed by atoms with van der Waals surface area (Å²) in [6.07, 6.45) is 0.135. The summed E-state index contributed by atoms with van der Waals surface area (Å²) in [6, 6.07) is 0. The highest BCUT2D eigenvalue weighted by Gasteiger charge is 2.71. The Balaban J connectivity index is 2.27. The lowest BCUT2D eigenvalue weighted by Gasteiger charge is -2.46. The molecule has 3 unspecified atom stereocenters. The predicted molar refractivity (Wildman–Crippen MR) is 60.0 cm³/mol. The molecule has 0 aromatic heterocycles. The van der Waals surface area contributed by atoms with Gasteiger partial charge in [0.25, 0.3) is 0 Å². The summed E-state index contributed by atoms with van der Waals surface area (Å²) in [6.45, 7) is 5.62. The van der Waals surface area contributed by atoms with Gasteiger partial charge in [-0.3, -0.25) is 4.79 Å². The Morgan fingerprint density at radius 3 is 2.59 bits per heavy atom. The second-order valence-corrected chi connectivity index (χ2v) is 5.27. The van der Waals surface area contributed by atoms with Crippen molar-refractivity contribution in [1.82, 2.24) is 5.32 Å².